The molecule has 2 heterocycles. The SMILES string of the molecule is O=C(Nc1ccc2cncc(Cl)c2c1)[C@@H]1CC1c1ccc(S(=O)(=O)Nc2ccccn2)cc1. The molecule has 1 saturated carbocycles. The molecular weight excluding hydrogens is 460 g/mol. The van der Waals surface area contributed by atoms with Gasteiger partial charge < -0.3 is 5.32 Å². The first-order chi connectivity index (χ1) is 15.9. The van der Waals surface area contributed by atoms with Crippen LogP contribution in [0.5, 0.6) is 0 Å². The Labute approximate surface area is 195 Å². The van der Waals surface area contributed by atoms with Crippen LogP contribution in [0.2, 0.25) is 5.02 Å². The lowest BCUT2D eigenvalue weighted by Crippen LogP contribution is -2.15. The highest BCUT2D eigenvalue weighted by Crippen LogP contribution is 2.48. The molecule has 0 bridgehead atoms. The number of pyridine rings is 2. The number of rotatable bonds is 6. The molecule has 7 nitrogen and oxygen atoms in total. The van der Waals surface area contributed by atoms with Crippen molar-refractivity contribution < 1.29 is 13.2 Å². The minimum absolute atomic E-state index is 0.0544. The van der Waals surface area contributed by atoms with E-state index in [1.807, 2.05) is 18.2 Å². The Hall–Kier alpha value is -3.49. The first kappa shape index (κ1) is 21.4. The molecule has 2 aromatic heterocycles. The van der Waals surface area contributed by atoms with Crippen molar-refractivity contribution in [1.82, 2.24) is 9.97 Å². The van der Waals surface area contributed by atoms with Crippen LogP contribution in [-0.2, 0) is 14.8 Å². The number of carbonyl (C=O) groups is 1. The Bertz CT molecular complexity index is 1440. The number of aromatic nitrogens is 2. The van der Waals surface area contributed by atoms with Crippen LogP contribution < -0.4 is 10.0 Å². The molecule has 0 spiro atoms. The average molecular weight is 479 g/mol. The summed E-state index contributed by atoms with van der Waals surface area (Å²) in [6, 6.07) is 17.1. The van der Waals surface area contributed by atoms with Crippen LogP contribution in [0.4, 0.5) is 11.5 Å². The van der Waals surface area contributed by atoms with Gasteiger partial charge in [-0.2, -0.15) is 0 Å². The van der Waals surface area contributed by atoms with Crippen molar-refractivity contribution in [3.8, 4) is 0 Å². The van der Waals surface area contributed by atoms with Gasteiger partial charge in [0.2, 0.25) is 5.91 Å². The number of hydrogen-bond donors (Lipinski definition) is 2. The Balaban J connectivity index is 1.25. The summed E-state index contributed by atoms with van der Waals surface area (Å²) in [5.74, 6) is 0.0752. The minimum Gasteiger partial charge on any atom is -0.326 e. The average Bonchev–Trinajstić information content (AvgIpc) is 3.61. The lowest BCUT2D eigenvalue weighted by atomic mass is 10.1. The van der Waals surface area contributed by atoms with Crippen LogP contribution in [0, 0.1) is 5.92 Å². The lowest BCUT2D eigenvalue weighted by molar-refractivity contribution is -0.117. The van der Waals surface area contributed by atoms with Gasteiger partial charge in [0.25, 0.3) is 10.0 Å². The standard InChI is InChI=1S/C24H19ClN4O3S/c25-22-14-26-13-16-4-7-17(11-20(16)22)28-24(30)21-12-19(21)15-5-8-18(9-6-15)33(31,32)29-23-3-1-2-10-27-23/h1-11,13-14,19,21H,12H2,(H,27,29)(H,28,30)/t19?,21-/m1/s1. The van der Waals surface area contributed by atoms with E-state index in [0.717, 1.165) is 16.3 Å². The zero-order valence-electron chi connectivity index (χ0n) is 17.3. The number of benzene rings is 2. The number of hydrogen-bond acceptors (Lipinski definition) is 5. The Kier molecular flexibility index (Phi) is 5.47. The summed E-state index contributed by atoms with van der Waals surface area (Å²) in [4.78, 5) is 20.9. The smallest absolute Gasteiger partial charge is 0.263 e. The maximum Gasteiger partial charge on any atom is 0.263 e. The molecule has 0 saturated heterocycles. The monoisotopic (exact) mass is 478 g/mol. The highest BCUT2D eigenvalue weighted by Gasteiger charge is 2.44. The van der Waals surface area contributed by atoms with Crippen LogP contribution in [0.3, 0.4) is 0 Å². The van der Waals surface area contributed by atoms with Gasteiger partial charge >= 0.3 is 0 Å². The number of halogens is 1. The second-order valence-electron chi connectivity index (χ2n) is 7.88. The third-order valence-electron chi connectivity index (χ3n) is 5.63. The number of carbonyl (C=O) groups excluding carboxylic acids is 1. The normalized spacial score (nSPS) is 17.5. The summed E-state index contributed by atoms with van der Waals surface area (Å²) in [5.41, 5.74) is 1.60. The van der Waals surface area contributed by atoms with Gasteiger partial charge in [-0.1, -0.05) is 35.9 Å². The summed E-state index contributed by atoms with van der Waals surface area (Å²) in [6.07, 6.45) is 5.52. The number of anilines is 2. The molecule has 0 radical (unpaired) electrons. The van der Waals surface area contributed by atoms with Gasteiger partial charge in [0.15, 0.2) is 0 Å². The van der Waals surface area contributed by atoms with E-state index in [1.54, 1.807) is 54.9 Å². The van der Waals surface area contributed by atoms with Crippen molar-refractivity contribution in [3.05, 3.63) is 89.8 Å². The number of sulfonamides is 1. The summed E-state index contributed by atoms with van der Waals surface area (Å²) < 4.78 is 27.6. The van der Waals surface area contributed by atoms with Crippen LogP contribution in [-0.4, -0.2) is 24.3 Å². The molecule has 1 unspecified atom stereocenters. The van der Waals surface area contributed by atoms with Gasteiger partial charge in [-0.15, -0.1) is 0 Å². The van der Waals surface area contributed by atoms with E-state index >= 15 is 0 Å². The first-order valence-corrected chi connectivity index (χ1v) is 12.1. The van der Waals surface area contributed by atoms with Crippen LogP contribution in [0.1, 0.15) is 17.9 Å². The predicted molar refractivity (Wildman–Crippen MR) is 128 cm³/mol. The van der Waals surface area contributed by atoms with Crippen molar-refractivity contribution in [3.63, 3.8) is 0 Å². The maximum atomic E-state index is 12.7. The van der Waals surface area contributed by atoms with Gasteiger partial charge in [0, 0.05) is 41.0 Å². The largest absolute Gasteiger partial charge is 0.326 e. The molecule has 33 heavy (non-hydrogen) atoms. The van der Waals surface area contributed by atoms with Crippen molar-refractivity contribution >= 4 is 49.8 Å². The number of fused-ring (bicyclic) bond motifs is 1. The fourth-order valence-corrected chi connectivity index (χ4v) is 5.04. The van der Waals surface area contributed by atoms with Crippen molar-refractivity contribution in [2.24, 2.45) is 5.92 Å². The van der Waals surface area contributed by atoms with E-state index in [9.17, 15) is 13.2 Å². The third kappa shape index (κ3) is 4.53. The van der Waals surface area contributed by atoms with Crippen LogP contribution >= 0.6 is 11.6 Å². The molecule has 9 heteroatoms. The molecular formula is C24H19ClN4O3S. The van der Waals surface area contributed by atoms with E-state index < -0.39 is 10.0 Å². The van der Waals surface area contributed by atoms with E-state index in [2.05, 4.69) is 20.0 Å². The molecule has 1 amide bonds. The molecule has 1 aliphatic rings. The summed E-state index contributed by atoms with van der Waals surface area (Å²) in [7, 11) is -3.73. The van der Waals surface area contributed by atoms with Gasteiger partial charge in [-0.25, -0.2) is 13.4 Å². The zero-order chi connectivity index (χ0) is 23.0. The van der Waals surface area contributed by atoms with Crippen molar-refractivity contribution in [2.75, 3.05) is 10.0 Å². The fourth-order valence-electron chi connectivity index (χ4n) is 3.81. The lowest BCUT2D eigenvalue weighted by Gasteiger charge is -2.09. The quantitative estimate of drug-likeness (QED) is 0.413. The zero-order valence-corrected chi connectivity index (χ0v) is 18.8. The fraction of sp³-hybridized carbons (Fsp3) is 0.125. The predicted octanol–water partition coefficient (Wildman–Crippen LogP) is 4.83. The highest BCUT2D eigenvalue weighted by molar-refractivity contribution is 7.92. The molecule has 5 rings (SSSR count). The number of nitrogens with zero attached hydrogens (tertiary/aromatic N) is 2. The van der Waals surface area contributed by atoms with Crippen LogP contribution in [0.25, 0.3) is 10.8 Å². The summed E-state index contributed by atoms with van der Waals surface area (Å²) in [6.45, 7) is 0. The third-order valence-corrected chi connectivity index (χ3v) is 7.30. The molecule has 2 aromatic carbocycles. The van der Waals surface area contributed by atoms with Crippen molar-refractivity contribution in [2.45, 2.75) is 17.2 Å². The highest BCUT2D eigenvalue weighted by atomic mass is 35.5. The van der Waals surface area contributed by atoms with E-state index in [4.69, 9.17) is 11.6 Å². The molecule has 0 aliphatic heterocycles. The molecule has 2 N–H and O–H groups in total. The second-order valence-corrected chi connectivity index (χ2v) is 9.97. The Morgan fingerprint density at radius 2 is 1.85 bits per heavy atom. The topological polar surface area (TPSA) is 101 Å². The molecule has 1 aliphatic carbocycles. The summed E-state index contributed by atoms with van der Waals surface area (Å²) in [5, 5.41) is 5.21. The van der Waals surface area contributed by atoms with E-state index in [1.165, 1.54) is 6.20 Å². The Morgan fingerprint density at radius 1 is 1.03 bits per heavy atom. The van der Waals surface area contributed by atoms with Crippen molar-refractivity contribution in [1.29, 1.82) is 0 Å². The Morgan fingerprint density at radius 3 is 2.61 bits per heavy atom. The molecule has 4 aromatic rings. The van der Waals surface area contributed by atoms with Gasteiger partial charge in [0.05, 0.1) is 9.92 Å². The van der Waals surface area contributed by atoms with Crippen LogP contribution in [0.15, 0.2) is 84.1 Å². The molecule has 166 valence electrons. The second kappa shape index (κ2) is 8.46. The van der Waals surface area contributed by atoms with Gasteiger partial charge in [0.1, 0.15) is 5.82 Å². The molecule has 2 atom stereocenters. The van der Waals surface area contributed by atoms with E-state index in [0.29, 0.717) is 17.1 Å². The summed E-state index contributed by atoms with van der Waals surface area (Å²) >= 11 is 6.21. The van der Waals surface area contributed by atoms with E-state index in [-0.39, 0.29) is 28.5 Å². The number of nitrogens with one attached hydrogen (secondary N) is 2. The minimum atomic E-state index is -3.73. The molecule has 1 fully saturated rings. The van der Waals surface area contributed by atoms with Gasteiger partial charge in [-0.3, -0.25) is 14.5 Å². The number of amides is 1. The van der Waals surface area contributed by atoms with Gasteiger partial charge in [-0.05, 0) is 54.3 Å². The first-order valence-electron chi connectivity index (χ1n) is 10.3. The maximum absolute atomic E-state index is 12.7.